The minimum atomic E-state index is -0.508. The number of aliphatic hydroxyl groups is 1. The van der Waals surface area contributed by atoms with E-state index in [2.05, 4.69) is 4.98 Å². The van der Waals surface area contributed by atoms with Crippen LogP contribution in [0.5, 0.6) is 0 Å². The molecule has 17 heavy (non-hydrogen) atoms. The first-order valence-corrected chi connectivity index (χ1v) is 5.76. The number of rotatable bonds is 3. The van der Waals surface area contributed by atoms with Crippen LogP contribution >= 0.6 is 0 Å². The normalized spacial score (nSPS) is 21.5. The van der Waals surface area contributed by atoms with Gasteiger partial charge in [-0.15, -0.1) is 0 Å². The van der Waals surface area contributed by atoms with Gasteiger partial charge in [-0.2, -0.15) is 0 Å². The molecule has 1 aliphatic rings. The van der Waals surface area contributed by atoms with E-state index in [1.807, 2.05) is 11.0 Å². The van der Waals surface area contributed by atoms with Gasteiger partial charge in [0, 0.05) is 19.3 Å². The zero-order valence-electron chi connectivity index (χ0n) is 9.84. The van der Waals surface area contributed by atoms with Gasteiger partial charge in [-0.05, 0) is 31.0 Å². The molecule has 0 aliphatic carbocycles. The van der Waals surface area contributed by atoms with E-state index in [4.69, 9.17) is 5.73 Å². The van der Waals surface area contributed by atoms with Gasteiger partial charge in [0.15, 0.2) is 0 Å². The Morgan fingerprint density at radius 3 is 3.06 bits per heavy atom. The number of aromatic nitrogens is 1. The molecule has 92 valence electrons. The Balaban J connectivity index is 2.13. The molecule has 1 fully saturated rings. The van der Waals surface area contributed by atoms with Crippen LogP contribution in [0.3, 0.4) is 0 Å². The first-order chi connectivity index (χ1) is 8.08. The van der Waals surface area contributed by atoms with Crippen molar-refractivity contribution in [2.24, 2.45) is 11.7 Å². The summed E-state index contributed by atoms with van der Waals surface area (Å²) in [6.07, 6.45) is 1.94. The Kier molecular flexibility index (Phi) is 3.28. The van der Waals surface area contributed by atoms with Gasteiger partial charge in [-0.1, -0.05) is 0 Å². The van der Waals surface area contributed by atoms with Crippen LogP contribution in [-0.2, 0) is 4.79 Å². The average Bonchev–Trinajstić information content (AvgIpc) is 2.78. The van der Waals surface area contributed by atoms with E-state index in [9.17, 15) is 9.90 Å². The molecule has 0 radical (unpaired) electrons. The van der Waals surface area contributed by atoms with Crippen molar-refractivity contribution in [2.75, 3.05) is 18.0 Å². The van der Waals surface area contributed by atoms with Crippen LogP contribution in [0, 0.1) is 5.92 Å². The molecule has 1 aliphatic heterocycles. The van der Waals surface area contributed by atoms with Crippen molar-refractivity contribution in [1.29, 1.82) is 0 Å². The fourth-order valence-electron chi connectivity index (χ4n) is 2.07. The first-order valence-electron chi connectivity index (χ1n) is 5.76. The average molecular weight is 235 g/mol. The number of carbonyl (C=O) groups is 1. The molecule has 1 saturated heterocycles. The maximum Gasteiger partial charge on any atom is 0.222 e. The molecule has 5 heteroatoms. The van der Waals surface area contributed by atoms with Crippen molar-refractivity contribution in [1.82, 2.24) is 4.98 Å². The molecule has 0 aromatic carbocycles. The number of anilines is 1. The molecule has 5 nitrogen and oxygen atoms in total. The molecule has 1 aromatic rings. The van der Waals surface area contributed by atoms with Crippen LogP contribution in [-0.4, -0.2) is 29.1 Å². The molecular formula is C12H17N3O2. The van der Waals surface area contributed by atoms with Gasteiger partial charge in [-0.25, -0.2) is 4.98 Å². The Labute approximate surface area is 100 Å². The standard InChI is InChI=1S/C12H17N3O2/c1-8(16)9-2-4-14-11(6-9)15-5-3-10(7-15)12(13)17/h2,4,6,8,10,16H,3,5,7H2,1H3,(H2,13,17)/t8-,10?/m0/s1. The topological polar surface area (TPSA) is 79.5 Å². The van der Waals surface area contributed by atoms with Crippen LogP contribution in [0.15, 0.2) is 18.3 Å². The van der Waals surface area contributed by atoms with E-state index in [1.165, 1.54) is 0 Å². The molecule has 0 saturated carbocycles. The van der Waals surface area contributed by atoms with E-state index in [0.29, 0.717) is 6.54 Å². The van der Waals surface area contributed by atoms with Crippen molar-refractivity contribution in [2.45, 2.75) is 19.4 Å². The highest BCUT2D eigenvalue weighted by atomic mass is 16.3. The summed E-state index contributed by atoms with van der Waals surface area (Å²) in [5, 5.41) is 9.51. The lowest BCUT2D eigenvalue weighted by Crippen LogP contribution is -2.27. The second kappa shape index (κ2) is 4.71. The number of nitrogens with zero attached hydrogens (tertiary/aromatic N) is 2. The summed E-state index contributed by atoms with van der Waals surface area (Å²) in [6.45, 7) is 3.12. The second-order valence-electron chi connectivity index (χ2n) is 4.46. The van der Waals surface area contributed by atoms with Crippen LogP contribution in [0.25, 0.3) is 0 Å². The molecule has 3 N–H and O–H groups in total. The Morgan fingerprint density at radius 1 is 1.71 bits per heavy atom. The molecule has 1 amide bonds. The highest BCUT2D eigenvalue weighted by Crippen LogP contribution is 2.24. The van der Waals surface area contributed by atoms with Crippen molar-refractivity contribution in [3.05, 3.63) is 23.9 Å². The fourth-order valence-corrected chi connectivity index (χ4v) is 2.07. The molecule has 1 aromatic heterocycles. The summed E-state index contributed by atoms with van der Waals surface area (Å²) in [5.41, 5.74) is 6.12. The maximum absolute atomic E-state index is 11.1. The third kappa shape index (κ3) is 2.55. The molecule has 2 heterocycles. The van der Waals surface area contributed by atoms with E-state index < -0.39 is 6.10 Å². The summed E-state index contributed by atoms with van der Waals surface area (Å²) >= 11 is 0. The van der Waals surface area contributed by atoms with Gasteiger partial charge >= 0.3 is 0 Å². The summed E-state index contributed by atoms with van der Waals surface area (Å²) in [4.78, 5) is 17.4. The minimum Gasteiger partial charge on any atom is -0.389 e. The second-order valence-corrected chi connectivity index (χ2v) is 4.46. The van der Waals surface area contributed by atoms with Gasteiger partial charge in [0.05, 0.1) is 12.0 Å². The van der Waals surface area contributed by atoms with Crippen molar-refractivity contribution in [3.63, 3.8) is 0 Å². The first kappa shape index (κ1) is 11.9. The lowest BCUT2D eigenvalue weighted by atomic mass is 10.1. The monoisotopic (exact) mass is 235 g/mol. The molecule has 0 spiro atoms. The van der Waals surface area contributed by atoms with Crippen molar-refractivity contribution >= 4 is 11.7 Å². The number of amides is 1. The van der Waals surface area contributed by atoms with Crippen molar-refractivity contribution < 1.29 is 9.90 Å². The molecule has 1 unspecified atom stereocenters. The third-order valence-corrected chi connectivity index (χ3v) is 3.17. The summed E-state index contributed by atoms with van der Waals surface area (Å²) < 4.78 is 0. The van der Waals surface area contributed by atoms with Gasteiger partial charge in [0.25, 0.3) is 0 Å². The quantitative estimate of drug-likeness (QED) is 0.797. The summed E-state index contributed by atoms with van der Waals surface area (Å²) in [5.74, 6) is 0.457. The minimum absolute atomic E-state index is 0.0907. The Hall–Kier alpha value is -1.62. The highest BCUT2D eigenvalue weighted by Gasteiger charge is 2.27. The number of hydrogen-bond acceptors (Lipinski definition) is 4. The largest absolute Gasteiger partial charge is 0.389 e. The van der Waals surface area contributed by atoms with Crippen LogP contribution in [0.4, 0.5) is 5.82 Å². The lowest BCUT2D eigenvalue weighted by molar-refractivity contribution is -0.121. The van der Waals surface area contributed by atoms with E-state index in [-0.39, 0.29) is 11.8 Å². The predicted octanol–water partition coefficient (Wildman–Crippen LogP) is 0.447. The fraction of sp³-hybridized carbons (Fsp3) is 0.500. The van der Waals surface area contributed by atoms with Crippen LogP contribution in [0.2, 0.25) is 0 Å². The molecule has 2 rings (SSSR count). The van der Waals surface area contributed by atoms with E-state index in [1.54, 1.807) is 19.2 Å². The number of pyridine rings is 1. The van der Waals surface area contributed by atoms with Crippen LogP contribution in [0.1, 0.15) is 25.0 Å². The van der Waals surface area contributed by atoms with E-state index >= 15 is 0 Å². The third-order valence-electron chi connectivity index (χ3n) is 3.17. The molecular weight excluding hydrogens is 218 g/mol. The molecule has 0 bridgehead atoms. The van der Waals surface area contributed by atoms with Crippen molar-refractivity contribution in [3.8, 4) is 0 Å². The Bertz CT molecular complexity index is 420. The number of primary amides is 1. The van der Waals surface area contributed by atoms with Gasteiger partial charge in [0.2, 0.25) is 5.91 Å². The number of hydrogen-bond donors (Lipinski definition) is 2. The van der Waals surface area contributed by atoms with Gasteiger partial charge in [0.1, 0.15) is 5.82 Å². The van der Waals surface area contributed by atoms with Gasteiger partial charge < -0.3 is 15.7 Å². The summed E-state index contributed by atoms with van der Waals surface area (Å²) in [6, 6.07) is 3.64. The number of nitrogens with two attached hydrogens (primary N) is 1. The predicted molar refractivity (Wildman–Crippen MR) is 64.4 cm³/mol. The number of aliphatic hydroxyl groups excluding tert-OH is 1. The zero-order valence-corrected chi connectivity index (χ0v) is 9.84. The zero-order chi connectivity index (χ0) is 12.4. The smallest absolute Gasteiger partial charge is 0.222 e. The van der Waals surface area contributed by atoms with Gasteiger partial charge in [-0.3, -0.25) is 4.79 Å². The molecule has 2 atom stereocenters. The maximum atomic E-state index is 11.1. The van der Waals surface area contributed by atoms with E-state index in [0.717, 1.165) is 24.3 Å². The Morgan fingerprint density at radius 2 is 2.47 bits per heavy atom. The lowest BCUT2D eigenvalue weighted by Gasteiger charge is -2.18. The van der Waals surface area contributed by atoms with Crippen LogP contribution < -0.4 is 10.6 Å². The summed E-state index contributed by atoms with van der Waals surface area (Å²) in [7, 11) is 0. The highest BCUT2D eigenvalue weighted by molar-refractivity contribution is 5.78. The number of carbonyl (C=O) groups excluding carboxylic acids is 1. The SMILES string of the molecule is C[C@H](O)c1ccnc(N2CCC(C(N)=O)C2)c1.